The number of hydrazone groups is 1. The molecule has 9 nitrogen and oxygen atoms in total. The van der Waals surface area contributed by atoms with Crippen LogP contribution in [-0.4, -0.2) is 20.5 Å². The van der Waals surface area contributed by atoms with Crippen molar-refractivity contribution >= 4 is 39.6 Å². The summed E-state index contributed by atoms with van der Waals surface area (Å²) in [5, 5.41) is 32.6. The summed E-state index contributed by atoms with van der Waals surface area (Å²) >= 11 is 1.49. The van der Waals surface area contributed by atoms with Crippen molar-refractivity contribution in [2.24, 2.45) is 11.0 Å². The molecular formula is C29H23N5O4S. The Morgan fingerprint density at radius 1 is 0.923 bits per heavy atom. The number of nitro groups is 2. The summed E-state index contributed by atoms with van der Waals surface area (Å²) in [5.74, 6) is -0.00484. The lowest BCUT2D eigenvalue weighted by molar-refractivity contribution is -0.385. The average Bonchev–Trinajstić information content (AvgIpc) is 3.60. The third-order valence-electron chi connectivity index (χ3n) is 7.10. The van der Waals surface area contributed by atoms with Crippen molar-refractivity contribution in [3.05, 3.63) is 121 Å². The molecule has 0 amide bonds. The van der Waals surface area contributed by atoms with Crippen molar-refractivity contribution in [2.75, 3.05) is 5.01 Å². The van der Waals surface area contributed by atoms with E-state index in [0.717, 1.165) is 52.9 Å². The maximum Gasteiger partial charge on any atom is 0.270 e. The van der Waals surface area contributed by atoms with Crippen LogP contribution < -0.4 is 5.01 Å². The second kappa shape index (κ2) is 10.2. The molecule has 3 aromatic carbocycles. The molecule has 2 atom stereocenters. The van der Waals surface area contributed by atoms with Gasteiger partial charge in [-0.15, -0.1) is 11.3 Å². The largest absolute Gasteiger partial charge is 0.270 e. The van der Waals surface area contributed by atoms with Gasteiger partial charge in [-0.2, -0.15) is 5.10 Å². The number of aromatic nitrogens is 1. The van der Waals surface area contributed by atoms with E-state index in [0.29, 0.717) is 5.13 Å². The van der Waals surface area contributed by atoms with Crippen molar-refractivity contribution in [1.82, 2.24) is 4.98 Å². The van der Waals surface area contributed by atoms with Gasteiger partial charge in [-0.3, -0.25) is 20.2 Å². The number of benzene rings is 3. The van der Waals surface area contributed by atoms with E-state index in [2.05, 4.69) is 0 Å². The van der Waals surface area contributed by atoms with Crippen molar-refractivity contribution in [3.63, 3.8) is 0 Å². The standard InChI is InChI=1S/C29H23N5O4S/c35-33(36)23-12-4-7-19(16-23)15-21-10-6-14-25-27(21)31-32(28(25)22-11-5-13-24(17-22)34(37)38)29-30-26(18-39-29)20-8-2-1-3-9-20/h1-5,7-9,11-13,15-18,25,28H,6,10,14H2/b21-15+/t25-,28+/m0/s1. The predicted octanol–water partition coefficient (Wildman–Crippen LogP) is 7.43. The molecule has 10 heteroatoms. The number of non-ortho nitro benzene ring substituents is 2. The van der Waals surface area contributed by atoms with E-state index < -0.39 is 4.92 Å². The minimum atomic E-state index is -0.397. The Morgan fingerprint density at radius 3 is 2.44 bits per heavy atom. The van der Waals surface area contributed by atoms with Crippen LogP contribution in [0, 0.1) is 26.1 Å². The fraction of sp³-hybridized carbons (Fsp3) is 0.172. The number of thiazole rings is 1. The van der Waals surface area contributed by atoms with Crippen LogP contribution in [0.4, 0.5) is 16.5 Å². The first kappa shape index (κ1) is 24.6. The Bertz CT molecular complexity index is 1630. The highest BCUT2D eigenvalue weighted by molar-refractivity contribution is 7.14. The van der Waals surface area contributed by atoms with Crippen LogP contribution in [0.15, 0.2) is 94.9 Å². The van der Waals surface area contributed by atoms with Crippen molar-refractivity contribution < 1.29 is 9.85 Å². The number of fused-ring (bicyclic) bond motifs is 1. The van der Waals surface area contributed by atoms with Gasteiger partial charge in [0.05, 0.1) is 27.3 Å². The zero-order valence-electron chi connectivity index (χ0n) is 20.7. The molecule has 4 aromatic rings. The zero-order chi connectivity index (χ0) is 26.9. The summed E-state index contributed by atoms with van der Waals surface area (Å²) in [4.78, 5) is 27.0. The Morgan fingerprint density at radius 2 is 1.67 bits per heavy atom. The van der Waals surface area contributed by atoms with Gasteiger partial charge in [-0.05, 0) is 42.0 Å². The van der Waals surface area contributed by atoms with Gasteiger partial charge in [-0.1, -0.05) is 54.6 Å². The van der Waals surface area contributed by atoms with Crippen LogP contribution in [0.25, 0.3) is 17.3 Å². The second-order valence-electron chi connectivity index (χ2n) is 9.53. The molecule has 0 unspecified atom stereocenters. The van der Waals surface area contributed by atoms with Gasteiger partial charge < -0.3 is 0 Å². The van der Waals surface area contributed by atoms with E-state index in [9.17, 15) is 20.2 Å². The van der Waals surface area contributed by atoms with Crippen LogP contribution >= 0.6 is 11.3 Å². The molecule has 2 heterocycles. The predicted molar refractivity (Wildman–Crippen MR) is 152 cm³/mol. The van der Waals surface area contributed by atoms with Crippen molar-refractivity contribution in [3.8, 4) is 11.3 Å². The van der Waals surface area contributed by atoms with Crippen LogP contribution in [-0.2, 0) is 0 Å². The molecule has 0 saturated heterocycles. The normalized spacial score (nSPS) is 19.5. The summed E-state index contributed by atoms with van der Waals surface area (Å²) in [5.41, 5.74) is 5.39. The number of hydrogen-bond donors (Lipinski definition) is 0. The quantitative estimate of drug-likeness (QED) is 0.187. The van der Waals surface area contributed by atoms with E-state index in [-0.39, 0.29) is 28.3 Å². The fourth-order valence-electron chi connectivity index (χ4n) is 5.35. The first-order valence-electron chi connectivity index (χ1n) is 12.6. The minimum Gasteiger partial charge on any atom is -0.258 e. The van der Waals surface area contributed by atoms with E-state index in [1.54, 1.807) is 24.3 Å². The Labute approximate surface area is 228 Å². The number of nitro benzene ring substituents is 2. The van der Waals surface area contributed by atoms with Crippen LogP contribution in [0.5, 0.6) is 0 Å². The molecule has 2 aliphatic rings. The SMILES string of the molecule is O=[N+]([O-])c1cccc(/C=C2\CCC[C@H]3C2=NN(c2nc(-c4ccccc4)cs2)[C@@H]3c2cccc([N+](=O)[O-])c2)c1. The summed E-state index contributed by atoms with van der Waals surface area (Å²) in [6.07, 6.45) is 4.55. The Hall–Kier alpha value is -4.70. The van der Waals surface area contributed by atoms with Gasteiger partial charge >= 0.3 is 0 Å². The highest BCUT2D eigenvalue weighted by Gasteiger charge is 2.43. The van der Waals surface area contributed by atoms with Gasteiger partial charge in [0.25, 0.3) is 11.4 Å². The molecule has 1 saturated carbocycles. The number of hydrogen-bond acceptors (Lipinski definition) is 8. The van der Waals surface area contributed by atoms with Gasteiger partial charge in [0.2, 0.25) is 5.13 Å². The molecule has 0 bridgehead atoms. The van der Waals surface area contributed by atoms with Gasteiger partial charge in [-0.25, -0.2) is 9.99 Å². The number of anilines is 1. The van der Waals surface area contributed by atoms with Crippen LogP contribution in [0.3, 0.4) is 0 Å². The summed E-state index contributed by atoms with van der Waals surface area (Å²) in [6, 6.07) is 23.0. The maximum atomic E-state index is 11.6. The Balaban J connectivity index is 1.44. The topological polar surface area (TPSA) is 115 Å². The molecule has 6 rings (SSSR count). The molecule has 1 aliphatic carbocycles. The van der Waals surface area contributed by atoms with Crippen molar-refractivity contribution in [1.29, 1.82) is 0 Å². The second-order valence-corrected chi connectivity index (χ2v) is 10.4. The lowest BCUT2D eigenvalue weighted by Crippen LogP contribution is -2.28. The fourth-order valence-corrected chi connectivity index (χ4v) is 6.17. The minimum absolute atomic E-state index is 0.00484. The molecule has 39 heavy (non-hydrogen) atoms. The number of rotatable bonds is 6. The highest BCUT2D eigenvalue weighted by Crippen LogP contribution is 2.47. The third kappa shape index (κ3) is 4.82. The first-order valence-corrected chi connectivity index (χ1v) is 13.4. The monoisotopic (exact) mass is 537 g/mol. The van der Waals surface area contributed by atoms with Crippen molar-refractivity contribution in [2.45, 2.75) is 25.3 Å². The van der Waals surface area contributed by atoms with Gasteiger partial charge in [0.1, 0.15) is 0 Å². The summed E-state index contributed by atoms with van der Waals surface area (Å²) < 4.78 is 0. The molecule has 194 valence electrons. The van der Waals surface area contributed by atoms with Gasteiger partial charge in [0.15, 0.2) is 0 Å². The molecule has 0 spiro atoms. The van der Waals surface area contributed by atoms with E-state index in [4.69, 9.17) is 10.1 Å². The van der Waals surface area contributed by atoms with Crippen LogP contribution in [0.2, 0.25) is 0 Å². The number of allylic oxidation sites excluding steroid dienone is 1. The maximum absolute atomic E-state index is 11.6. The lowest BCUT2D eigenvalue weighted by atomic mass is 9.77. The molecule has 1 fully saturated rings. The van der Waals surface area contributed by atoms with E-state index in [1.165, 1.54) is 23.5 Å². The average molecular weight is 538 g/mol. The Kier molecular flexibility index (Phi) is 6.45. The molecule has 0 radical (unpaired) electrons. The summed E-state index contributed by atoms with van der Waals surface area (Å²) in [6.45, 7) is 0. The number of nitrogens with zero attached hydrogens (tertiary/aromatic N) is 5. The zero-order valence-corrected chi connectivity index (χ0v) is 21.5. The van der Waals surface area contributed by atoms with E-state index >= 15 is 0 Å². The smallest absolute Gasteiger partial charge is 0.258 e. The van der Waals surface area contributed by atoms with Crippen LogP contribution in [0.1, 0.15) is 36.4 Å². The summed E-state index contributed by atoms with van der Waals surface area (Å²) in [7, 11) is 0. The van der Waals surface area contributed by atoms with E-state index in [1.807, 2.05) is 58.9 Å². The molecule has 1 aliphatic heterocycles. The third-order valence-corrected chi connectivity index (χ3v) is 7.93. The first-order chi connectivity index (χ1) is 19.0. The molecule has 1 aromatic heterocycles. The lowest BCUT2D eigenvalue weighted by Gasteiger charge is -2.29. The highest BCUT2D eigenvalue weighted by atomic mass is 32.1. The molecular weight excluding hydrogens is 514 g/mol. The molecule has 0 N–H and O–H groups in total. The van der Waals surface area contributed by atoms with Gasteiger partial charge in [0, 0.05) is 41.1 Å².